The topological polar surface area (TPSA) is 168 Å². The highest BCUT2D eigenvalue weighted by Gasteiger charge is 2.41. The van der Waals surface area contributed by atoms with E-state index in [0.717, 1.165) is 103 Å². The van der Waals surface area contributed by atoms with Gasteiger partial charge in [0, 0.05) is 78.7 Å². The number of nitrogens with one attached hydrogen (secondary N) is 2. The molecule has 2 saturated carbocycles. The first-order valence-electron chi connectivity index (χ1n) is 47.7. The maximum absolute atomic E-state index is 15.8. The van der Waals surface area contributed by atoms with Crippen LogP contribution in [0.1, 0.15) is 338 Å². The average molecular weight is 1860 g/mol. The van der Waals surface area contributed by atoms with Gasteiger partial charge in [-0.1, -0.05) is 280 Å². The van der Waals surface area contributed by atoms with Crippen molar-refractivity contribution in [2.45, 2.75) is 297 Å². The average Bonchev–Trinajstić information content (AvgIpc) is 0.726. The van der Waals surface area contributed by atoms with E-state index in [1.54, 1.807) is 12.1 Å². The highest BCUT2D eigenvalue weighted by molar-refractivity contribution is 8.00. The number of carbonyl (C=O) groups excluding carboxylic acids is 4. The molecule has 4 N–H and O–H groups in total. The fourth-order valence-electron chi connectivity index (χ4n) is 18.4. The molecule has 0 radical (unpaired) electrons. The van der Waals surface area contributed by atoms with E-state index in [0.29, 0.717) is 67.5 Å². The number of aromatic hydroxyl groups is 2. The Morgan fingerprint density at radius 1 is 0.373 bits per heavy atom. The number of anilines is 4. The van der Waals surface area contributed by atoms with Crippen LogP contribution in [0.3, 0.4) is 0 Å². The van der Waals surface area contributed by atoms with Gasteiger partial charge in [0.05, 0.1) is 57.1 Å². The minimum Gasteiger partial charge on any atom is -0.507 e. The van der Waals surface area contributed by atoms with Crippen LogP contribution >= 0.6 is 47.0 Å². The normalized spacial score (nSPS) is 16.5. The number of unbranched alkanes of at least 4 members (excludes halogenated alkanes) is 5. The number of nitrogens with zero attached hydrogens (tertiary/aromatic N) is 2. The van der Waals surface area contributed by atoms with E-state index in [9.17, 15) is 28.6 Å². The number of alkyl halides is 2. The van der Waals surface area contributed by atoms with E-state index in [-0.39, 0.29) is 85.1 Å². The summed E-state index contributed by atoms with van der Waals surface area (Å²) in [5.41, 5.74) is 13.7. The van der Waals surface area contributed by atoms with Crippen molar-refractivity contribution in [2.75, 3.05) is 10.6 Å². The predicted octanol–water partition coefficient (Wildman–Crippen LogP) is 32.1. The summed E-state index contributed by atoms with van der Waals surface area (Å²) in [5, 5.41) is 29.1. The lowest BCUT2D eigenvalue weighted by atomic mass is 9.77. The minimum atomic E-state index is -2.04. The van der Waals surface area contributed by atoms with Gasteiger partial charge in [-0.05, 0) is 276 Å². The van der Waals surface area contributed by atoms with E-state index in [4.69, 9.17) is 4.74 Å². The van der Waals surface area contributed by atoms with E-state index in [2.05, 4.69) is 226 Å². The van der Waals surface area contributed by atoms with E-state index < -0.39 is 24.1 Å². The van der Waals surface area contributed by atoms with Gasteiger partial charge in [0.1, 0.15) is 17.3 Å². The molecular weight excluding hydrogens is 1740 g/mol. The lowest BCUT2D eigenvalue weighted by Gasteiger charge is -2.29. The molecule has 4 aliphatic rings. The highest BCUT2D eigenvalue weighted by Crippen LogP contribution is 2.51. The first-order chi connectivity index (χ1) is 64.1. The number of phenols is 2. The molecule has 0 unspecified atom stereocenters. The summed E-state index contributed by atoms with van der Waals surface area (Å²) in [6, 6.07) is 72.6. The molecule has 11 nitrogen and oxygen atoms in total. The number of rotatable bonds is 27. The zero-order valence-electron chi connectivity index (χ0n) is 79.6. The zero-order chi connectivity index (χ0) is 94.9. The molecule has 16 rings (SSSR count). The van der Waals surface area contributed by atoms with Crippen LogP contribution in [0, 0.1) is 17.8 Å². The van der Waals surface area contributed by atoms with Gasteiger partial charge in [0.2, 0.25) is 0 Å². The highest BCUT2D eigenvalue weighted by atomic mass is 32.2. The van der Waals surface area contributed by atoms with Crippen LogP contribution in [0.4, 0.5) is 31.5 Å². The smallest absolute Gasteiger partial charge is 0.269 e. The van der Waals surface area contributed by atoms with Crippen LogP contribution in [0.2, 0.25) is 0 Å². The van der Waals surface area contributed by atoms with Crippen molar-refractivity contribution in [3.8, 4) is 29.1 Å². The molecule has 1 aromatic heterocycles. The number of carbonyl (C=O) groups is 4. The number of fused-ring (bicyclic) bond motifs is 4. The van der Waals surface area contributed by atoms with Gasteiger partial charge in [0.15, 0.2) is 35.1 Å². The Kier molecular flexibility index (Phi) is 30.9. The van der Waals surface area contributed by atoms with Crippen LogP contribution in [0.25, 0.3) is 0 Å². The number of hydrogen-bond donors (Lipinski definition) is 4. The fraction of sp³-hybridized carbons (Fsp3) is 0.350. The van der Waals surface area contributed by atoms with Gasteiger partial charge in [-0.2, -0.15) is 4.39 Å². The molecule has 0 saturated heterocycles. The third kappa shape index (κ3) is 23.4. The maximum Gasteiger partial charge on any atom is 0.269 e. The standard InChI is InChI=1S/C69H74N2O2S2.C48H50F2N2O5S2/c1-11-12-13-14-45-17-23-48(24-18-45)49-25-19-46(20-26-49)15-16-47-21-37-55(38-22-47)74-59-43-44-60(75-56-39-31-52(32-40-56)69(8,9)10)64-63(59)65(72)61-57(70-53-33-27-50(28-34-53)67(2,3)4)41-42-58(62(61)66(64)73)71-54-35-29-51(30-36-54)68(5,6)7;1-5-6-7-8-9-35(49)46(50)57-32-26-51-47(52-27-32)30-12-10-28(11-13-30)29-14-18-33(19-15-29)58-38-24-22-36(53)40-42(38)44(55)41-37(54)23-25-39(43(41)45(40)56)59-34-20-16-31(17-21-34)48(2,3)4/h19-22,25-45,48,70-71H,11-14,17-18,23-24H2,1-10H3;14-28,30,35,46,53-54H,5-13H2,1-4H3/t;28?,30?,35-,46+/m.0/s1. The summed E-state index contributed by atoms with van der Waals surface area (Å²) in [6.07, 6.45) is 17.2. The van der Waals surface area contributed by atoms with Gasteiger partial charge >= 0.3 is 0 Å². The molecule has 2 fully saturated rings. The second-order valence-electron chi connectivity index (χ2n) is 40.4. The van der Waals surface area contributed by atoms with Crippen molar-refractivity contribution in [1.29, 1.82) is 0 Å². The molecule has 12 aromatic rings. The molecule has 4 aliphatic carbocycles. The minimum absolute atomic E-state index is 0.00666. The van der Waals surface area contributed by atoms with Crippen LogP contribution in [0.15, 0.2) is 270 Å². The van der Waals surface area contributed by atoms with Gasteiger partial charge in [-0.25, -0.2) is 14.4 Å². The fourth-order valence-corrected chi connectivity index (χ4v) is 22.3. The third-order valence-electron chi connectivity index (χ3n) is 26.5. The quantitative estimate of drug-likeness (QED) is 0.0283. The molecule has 0 aliphatic heterocycles. The Labute approximate surface area is 808 Å². The molecule has 11 aromatic carbocycles. The van der Waals surface area contributed by atoms with Crippen molar-refractivity contribution < 1.29 is 42.9 Å². The van der Waals surface area contributed by atoms with E-state index >= 15 is 9.59 Å². The molecule has 134 heavy (non-hydrogen) atoms. The molecule has 0 bridgehead atoms. The molecule has 17 heteroatoms. The van der Waals surface area contributed by atoms with E-state index in [1.807, 2.05) is 97.1 Å². The Bertz CT molecular complexity index is 6270. The van der Waals surface area contributed by atoms with Gasteiger partial charge in [-0.3, -0.25) is 19.2 Å². The SMILES string of the molecule is CCCCCC1CCC(c2ccc(C#Cc3ccc(Sc4ccc(Sc5ccc(C(C)(C)C)cc5)c5c4C(=O)c4c(Nc6ccc(C(C)(C)C)cc6)ccc(Nc6ccc(C(C)(C)C)cc6)c4C5=O)cc3)cc2)CC1.CCCCCC[C@H](F)[C@H](F)Oc1cnc(C2CCC(c3ccc(Sc4ccc(O)c5c4C(=O)c4c(O)ccc(Sc6ccc(C(C)(C)C)cc6)c4C5=O)cc3)CC2)nc1. The second-order valence-corrected chi connectivity index (χ2v) is 44.9. The number of phenolic OH excluding ortho intramolecular Hbond substituents is 2. The summed E-state index contributed by atoms with van der Waals surface area (Å²) in [6.45, 7) is 30.6. The number of ether oxygens (including phenoxy) is 1. The summed E-state index contributed by atoms with van der Waals surface area (Å²) >= 11 is 5.69. The van der Waals surface area contributed by atoms with Crippen LogP contribution in [-0.4, -0.2) is 55.8 Å². The molecule has 0 spiro atoms. The van der Waals surface area contributed by atoms with Crippen molar-refractivity contribution in [3.05, 3.63) is 326 Å². The maximum atomic E-state index is 15.8. The zero-order valence-corrected chi connectivity index (χ0v) is 82.9. The van der Waals surface area contributed by atoms with Crippen molar-refractivity contribution in [2.24, 2.45) is 5.92 Å². The predicted molar refractivity (Wildman–Crippen MR) is 546 cm³/mol. The first kappa shape index (κ1) is 97.5. The van der Waals surface area contributed by atoms with Crippen LogP contribution < -0.4 is 15.4 Å². The van der Waals surface area contributed by atoms with Crippen molar-refractivity contribution >= 4 is 92.9 Å². The lowest BCUT2D eigenvalue weighted by molar-refractivity contribution is -0.0104. The van der Waals surface area contributed by atoms with Crippen molar-refractivity contribution in [3.63, 3.8) is 0 Å². The van der Waals surface area contributed by atoms with Gasteiger partial charge < -0.3 is 25.6 Å². The number of hydrogen-bond acceptors (Lipinski definition) is 15. The molecular formula is C117H124F2N4O7S4. The third-order valence-corrected chi connectivity index (χ3v) is 30.7. The number of benzene rings is 11. The summed E-state index contributed by atoms with van der Waals surface area (Å²) in [7, 11) is 0. The Balaban J connectivity index is 0.000000210. The van der Waals surface area contributed by atoms with Gasteiger partial charge in [-0.15, -0.1) is 0 Å². The summed E-state index contributed by atoms with van der Waals surface area (Å²) in [4.78, 5) is 75.0. The molecule has 2 atom stereocenters. The molecule has 692 valence electrons. The number of aromatic nitrogens is 2. The number of ketones is 4. The Morgan fingerprint density at radius 2 is 0.694 bits per heavy atom. The molecule has 1 heterocycles. The van der Waals surface area contributed by atoms with E-state index in [1.165, 1.54) is 156 Å². The summed E-state index contributed by atoms with van der Waals surface area (Å²) in [5.74, 6) is 7.67. The van der Waals surface area contributed by atoms with Crippen molar-refractivity contribution in [1.82, 2.24) is 9.97 Å². The monoisotopic (exact) mass is 1860 g/mol. The largest absolute Gasteiger partial charge is 0.507 e. The van der Waals surface area contributed by atoms with Crippen LogP contribution in [0.5, 0.6) is 17.2 Å². The van der Waals surface area contributed by atoms with Gasteiger partial charge in [0.25, 0.3) is 6.36 Å². The summed E-state index contributed by atoms with van der Waals surface area (Å²) < 4.78 is 33.8. The Hall–Kier alpha value is -11.0. The number of halogens is 2. The van der Waals surface area contributed by atoms with Crippen LogP contribution in [-0.2, 0) is 21.7 Å². The first-order valence-corrected chi connectivity index (χ1v) is 50.9. The lowest BCUT2D eigenvalue weighted by Crippen LogP contribution is -2.25. The second kappa shape index (κ2) is 42.5. The molecule has 0 amide bonds. The Morgan fingerprint density at radius 3 is 1.08 bits per heavy atom.